The van der Waals surface area contributed by atoms with E-state index in [0.29, 0.717) is 11.4 Å². The summed E-state index contributed by atoms with van der Waals surface area (Å²) in [6, 6.07) is 15.0. The molecule has 6 nitrogen and oxygen atoms in total. The summed E-state index contributed by atoms with van der Waals surface area (Å²) < 4.78 is 28.9. The molecule has 3 aromatic rings. The van der Waals surface area contributed by atoms with Crippen molar-refractivity contribution in [3.8, 4) is 5.69 Å². The summed E-state index contributed by atoms with van der Waals surface area (Å²) in [5.74, 6) is 0.176. The second-order valence-corrected chi connectivity index (χ2v) is 6.85. The van der Waals surface area contributed by atoms with Gasteiger partial charge in [0.25, 0.3) is 10.0 Å². The Morgan fingerprint density at radius 1 is 1.04 bits per heavy atom. The average molecular weight is 349 g/mol. The standard InChI is InChI=1S/C15H13ClN4O2S/c16-14-10-18-20(12-4-2-1-3-5-12)15(14)19-23(21,22)13-8-6-11(17)7-9-13/h1-10,19H,17H2. The summed E-state index contributed by atoms with van der Waals surface area (Å²) in [5, 5.41) is 4.32. The first-order chi connectivity index (χ1) is 11.0. The maximum atomic E-state index is 12.5. The Morgan fingerprint density at radius 2 is 1.70 bits per heavy atom. The van der Waals surface area contributed by atoms with Gasteiger partial charge < -0.3 is 5.73 Å². The second kappa shape index (κ2) is 5.94. The highest BCUT2D eigenvalue weighted by atomic mass is 35.5. The molecule has 1 heterocycles. The van der Waals surface area contributed by atoms with Crippen LogP contribution in [0.3, 0.4) is 0 Å². The predicted octanol–water partition coefficient (Wildman–Crippen LogP) is 2.91. The molecule has 0 saturated heterocycles. The van der Waals surface area contributed by atoms with Crippen LogP contribution in [0.5, 0.6) is 0 Å². The van der Waals surface area contributed by atoms with E-state index in [1.165, 1.54) is 35.1 Å². The van der Waals surface area contributed by atoms with Crippen LogP contribution in [0.15, 0.2) is 65.7 Å². The van der Waals surface area contributed by atoms with Gasteiger partial charge in [-0.3, -0.25) is 4.72 Å². The third-order valence-electron chi connectivity index (χ3n) is 3.15. The maximum Gasteiger partial charge on any atom is 0.263 e. The fourth-order valence-corrected chi connectivity index (χ4v) is 3.31. The molecule has 0 aliphatic heterocycles. The van der Waals surface area contributed by atoms with Gasteiger partial charge in [-0.1, -0.05) is 29.8 Å². The van der Waals surface area contributed by atoms with Crippen LogP contribution in [-0.2, 0) is 10.0 Å². The van der Waals surface area contributed by atoms with Crippen LogP contribution >= 0.6 is 11.6 Å². The zero-order chi connectivity index (χ0) is 16.4. The summed E-state index contributed by atoms with van der Waals surface area (Å²) >= 11 is 6.08. The lowest BCUT2D eigenvalue weighted by Crippen LogP contribution is -2.16. The SMILES string of the molecule is Nc1ccc(S(=O)(=O)Nc2c(Cl)cnn2-c2ccccc2)cc1. The molecular weight excluding hydrogens is 336 g/mol. The highest BCUT2D eigenvalue weighted by Crippen LogP contribution is 2.27. The zero-order valence-corrected chi connectivity index (χ0v) is 13.4. The quantitative estimate of drug-likeness (QED) is 0.709. The molecule has 0 fully saturated rings. The fourth-order valence-electron chi connectivity index (χ4n) is 2.02. The summed E-state index contributed by atoms with van der Waals surface area (Å²) in [6.45, 7) is 0. The Morgan fingerprint density at radius 3 is 2.35 bits per heavy atom. The number of hydrogen-bond acceptors (Lipinski definition) is 4. The number of nitrogen functional groups attached to an aromatic ring is 1. The molecule has 0 aliphatic rings. The number of nitrogens with zero attached hydrogens (tertiary/aromatic N) is 2. The van der Waals surface area contributed by atoms with Crippen molar-refractivity contribution in [2.24, 2.45) is 0 Å². The van der Waals surface area contributed by atoms with Gasteiger partial charge in [0, 0.05) is 5.69 Å². The molecule has 0 unspecified atom stereocenters. The summed E-state index contributed by atoms with van der Waals surface area (Å²) in [7, 11) is -3.80. The first-order valence-electron chi connectivity index (χ1n) is 6.65. The first kappa shape index (κ1) is 15.4. The molecular formula is C15H13ClN4O2S. The number of hydrogen-bond donors (Lipinski definition) is 2. The van der Waals surface area contributed by atoms with E-state index in [1.807, 2.05) is 18.2 Å². The normalized spacial score (nSPS) is 11.3. The summed E-state index contributed by atoms with van der Waals surface area (Å²) in [4.78, 5) is 0.0866. The lowest BCUT2D eigenvalue weighted by atomic mass is 10.3. The fraction of sp³-hybridized carbons (Fsp3) is 0. The number of sulfonamides is 1. The van der Waals surface area contributed by atoms with Crippen LogP contribution < -0.4 is 10.5 Å². The first-order valence-corrected chi connectivity index (χ1v) is 8.51. The largest absolute Gasteiger partial charge is 0.399 e. The van der Waals surface area contributed by atoms with E-state index in [9.17, 15) is 8.42 Å². The van der Waals surface area contributed by atoms with Gasteiger partial charge in [0.2, 0.25) is 0 Å². The van der Waals surface area contributed by atoms with Gasteiger partial charge >= 0.3 is 0 Å². The zero-order valence-electron chi connectivity index (χ0n) is 11.8. The van der Waals surface area contributed by atoms with E-state index in [2.05, 4.69) is 9.82 Å². The van der Waals surface area contributed by atoms with E-state index in [1.54, 1.807) is 12.1 Å². The highest BCUT2D eigenvalue weighted by Gasteiger charge is 2.19. The number of aromatic nitrogens is 2. The molecule has 8 heteroatoms. The molecule has 0 aliphatic carbocycles. The molecule has 118 valence electrons. The molecule has 3 N–H and O–H groups in total. The number of para-hydroxylation sites is 1. The average Bonchev–Trinajstić information content (AvgIpc) is 2.89. The lowest BCUT2D eigenvalue weighted by molar-refractivity contribution is 0.600. The van der Waals surface area contributed by atoms with Crippen LogP contribution in [0.2, 0.25) is 5.02 Å². The second-order valence-electron chi connectivity index (χ2n) is 4.76. The Labute approximate surface area is 138 Å². The molecule has 0 saturated carbocycles. The molecule has 3 rings (SSSR count). The Balaban J connectivity index is 2.00. The van der Waals surface area contributed by atoms with Crippen molar-refractivity contribution in [1.29, 1.82) is 0 Å². The molecule has 23 heavy (non-hydrogen) atoms. The number of benzene rings is 2. The van der Waals surface area contributed by atoms with Crippen LogP contribution in [0.25, 0.3) is 5.69 Å². The van der Waals surface area contributed by atoms with Crippen LogP contribution in [0.4, 0.5) is 11.5 Å². The highest BCUT2D eigenvalue weighted by molar-refractivity contribution is 7.92. The van der Waals surface area contributed by atoms with Gasteiger partial charge in [0.05, 0.1) is 16.8 Å². The third kappa shape index (κ3) is 3.15. The number of anilines is 2. The number of halogens is 1. The van der Waals surface area contributed by atoms with Gasteiger partial charge in [-0.15, -0.1) is 0 Å². The molecule has 0 amide bonds. The van der Waals surface area contributed by atoms with E-state index >= 15 is 0 Å². The predicted molar refractivity (Wildman–Crippen MR) is 90.2 cm³/mol. The Bertz CT molecular complexity index is 922. The van der Waals surface area contributed by atoms with Crippen molar-refractivity contribution in [2.75, 3.05) is 10.5 Å². The van der Waals surface area contributed by atoms with Crippen molar-refractivity contribution in [3.05, 3.63) is 65.8 Å². The Hall–Kier alpha value is -2.51. The van der Waals surface area contributed by atoms with Crippen molar-refractivity contribution < 1.29 is 8.42 Å². The van der Waals surface area contributed by atoms with Crippen molar-refractivity contribution in [3.63, 3.8) is 0 Å². The molecule has 0 spiro atoms. The topological polar surface area (TPSA) is 90.0 Å². The summed E-state index contributed by atoms with van der Waals surface area (Å²) in [6.07, 6.45) is 1.38. The molecule has 0 atom stereocenters. The van der Waals surface area contributed by atoms with E-state index < -0.39 is 10.0 Å². The molecule has 0 bridgehead atoms. The minimum absolute atomic E-state index is 0.0866. The van der Waals surface area contributed by atoms with Crippen LogP contribution in [0, 0.1) is 0 Å². The van der Waals surface area contributed by atoms with E-state index in [4.69, 9.17) is 17.3 Å². The minimum Gasteiger partial charge on any atom is -0.399 e. The van der Waals surface area contributed by atoms with Crippen molar-refractivity contribution in [1.82, 2.24) is 9.78 Å². The Kier molecular flexibility index (Phi) is 3.97. The smallest absolute Gasteiger partial charge is 0.263 e. The van der Waals surface area contributed by atoms with Crippen LogP contribution in [0.1, 0.15) is 0 Å². The van der Waals surface area contributed by atoms with E-state index in [0.717, 1.165) is 0 Å². The maximum absolute atomic E-state index is 12.5. The van der Waals surface area contributed by atoms with Gasteiger partial charge in [-0.2, -0.15) is 5.10 Å². The summed E-state index contributed by atoms with van der Waals surface area (Å²) in [5.41, 5.74) is 6.75. The van der Waals surface area contributed by atoms with Gasteiger partial charge in [0.1, 0.15) is 5.02 Å². The lowest BCUT2D eigenvalue weighted by Gasteiger charge is -2.11. The third-order valence-corrected chi connectivity index (χ3v) is 4.78. The molecule has 1 aromatic heterocycles. The monoisotopic (exact) mass is 348 g/mol. The van der Waals surface area contributed by atoms with Crippen LogP contribution in [-0.4, -0.2) is 18.2 Å². The molecule has 2 aromatic carbocycles. The number of nitrogens with one attached hydrogen (secondary N) is 1. The van der Waals surface area contributed by atoms with Gasteiger partial charge in [-0.05, 0) is 36.4 Å². The number of nitrogens with two attached hydrogens (primary N) is 1. The van der Waals surface area contributed by atoms with Crippen molar-refractivity contribution in [2.45, 2.75) is 4.90 Å². The molecule has 0 radical (unpaired) electrons. The number of rotatable bonds is 4. The van der Waals surface area contributed by atoms with Gasteiger partial charge in [0.15, 0.2) is 5.82 Å². The minimum atomic E-state index is -3.80. The van der Waals surface area contributed by atoms with Crippen molar-refractivity contribution >= 4 is 33.1 Å². The van der Waals surface area contributed by atoms with Gasteiger partial charge in [-0.25, -0.2) is 13.1 Å². The van der Waals surface area contributed by atoms with E-state index in [-0.39, 0.29) is 15.7 Å².